The highest BCUT2D eigenvalue weighted by Gasteiger charge is 2.18. The molecule has 1 unspecified atom stereocenters. The fraction of sp³-hybridized carbons (Fsp3) is 0.333. The number of hydrogen-bond acceptors (Lipinski definition) is 4. The molecule has 13 heavy (non-hydrogen) atoms. The van der Waals surface area contributed by atoms with Crippen molar-refractivity contribution in [1.29, 1.82) is 0 Å². The third-order valence-electron chi connectivity index (χ3n) is 1.64. The van der Waals surface area contributed by atoms with Crippen LogP contribution in [0.4, 0.5) is 0 Å². The van der Waals surface area contributed by atoms with Gasteiger partial charge in [-0.15, -0.1) is 0 Å². The number of hydrogen-bond donors (Lipinski definition) is 0. The first-order chi connectivity index (χ1) is 6.11. The summed E-state index contributed by atoms with van der Waals surface area (Å²) in [6.45, 7) is 2.94. The Kier molecular flexibility index (Phi) is 3.19. The second-order valence-corrected chi connectivity index (χ2v) is 3.47. The van der Waals surface area contributed by atoms with Crippen LogP contribution in [0.2, 0.25) is 0 Å². The Hall–Kier alpha value is -1.16. The fourth-order valence-corrected chi connectivity index (χ4v) is 1.64. The van der Waals surface area contributed by atoms with Gasteiger partial charge in [0.25, 0.3) is 0 Å². The van der Waals surface area contributed by atoms with Crippen LogP contribution in [0, 0.1) is 0 Å². The topological polar surface area (TPSA) is 43.4 Å². The number of esters is 2. The summed E-state index contributed by atoms with van der Waals surface area (Å²) in [4.78, 5) is 21.7. The molecule has 0 aliphatic carbocycles. The lowest BCUT2D eigenvalue weighted by Gasteiger charge is -2.06. The van der Waals surface area contributed by atoms with Crippen molar-refractivity contribution in [2.45, 2.75) is 19.8 Å². The Labute approximate surface area is 80.3 Å². The maximum Gasteiger partial charge on any atom is 0.320 e. The van der Waals surface area contributed by atoms with Crippen molar-refractivity contribution in [3.63, 3.8) is 0 Å². The fourth-order valence-electron chi connectivity index (χ4n) is 0.888. The number of thiophene rings is 1. The lowest BCUT2D eigenvalue weighted by Crippen LogP contribution is -2.15. The molecular weight excluding hydrogens is 188 g/mol. The van der Waals surface area contributed by atoms with Gasteiger partial charge in [0.15, 0.2) is 0 Å². The summed E-state index contributed by atoms with van der Waals surface area (Å²) in [6, 6.07) is 1.84. The highest BCUT2D eigenvalue weighted by atomic mass is 32.1. The monoisotopic (exact) mass is 198 g/mol. The molecule has 0 saturated carbocycles. The Morgan fingerprint density at radius 2 is 2.23 bits per heavy atom. The Morgan fingerprint density at radius 1 is 1.54 bits per heavy atom. The molecule has 1 aromatic rings. The Bertz CT molecular complexity index is 303. The van der Waals surface area contributed by atoms with E-state index >= 15 is 0 Å². The quantitative estimate of drug-likeness (QED) is 0.538. The summed E-state index contributed by atoms with van der Waals surface area (Å²) in [7, 11) is 0. The summed E-state index contributed by atoms with van der Waals surface area (Å²) in [5, 5.41) is 3.75. The molecule has 0 aliphatic rings. The molecule has 0 bridgehead atoms. The number of ether oxygens (including phenoxy) is 1. The van der Waals surface area contributed by atoms with Crippen LogP contribution < -0.4 is 0 Å². The first-order valence-electron chi connectivity index (χ1n) is 3.85. The van der Waals surface area contributed by atoms with E-state index in [-0.39, 0.29) is 5.92 Å². The van der Waals surface area contributed by atoms with Crippen LogP contribution in [0.5, 0.6) is 0 Å². The predicted molar refractivity (Wildman–Crippen MR) is 49.5 cm³/mol. The molecule has 1 rings (SSSR count). The van der Waals surface area contributed by atoms with Crippen LogP contribution in [0.3, 0.4) is 0 Å². The molecular formula is C9H10O3S. The molecule has 0 aliphatic heterocycles. The van der Waals surface area contributed by atoms with Crippen molar-refractivity contribution in [2.75, 3.05) is 0 Å². The van der Waals surface area contributed by atoms with Gasteiger partial charge in [0, 0.05) is 6.92 Å². The SMILES string of the molecule is CC(=O)OC(=O)C(C)c1ccsc1. The predicted octanol–water partition coefficient (Wildman–Crippen LogP) is 1.94. The second kappa shape index (κ2) is 4.18. The average molecular weight is 198 g/mol. The molecule has 70 valence electrons. The van der Waals surface area contributed by atoms with E-state index in [0.29, 0.717) is 0 Å². The van der Waals surface area contributed by atoms with E-state index in [9.17, 15) is 9.59 Å². The molecule has 0 saturated heterocycles. The van der Waals surface area contributed by atoms with Crippen LogP contribution in [-0.4, -0.2) is 11.9 Å². The van der Waals surface area contributed by atoms with Crippen LogP contribution >= 0.6 is 11.3 Å². The molecule has 4 heteroatoms. The first kappa shape index (κ1) is 9.92. The zero-order valence-electron chi connectivity index (χ0n) is 7.44. The zero-order chi connectivity index (χ0) is 9.84. The lowest BCUT2D eigenvalue weighted by atomic mass is 10.1. The smallest absolute Gasteiger partial charge is 0.320 e. The van der Waals surface area contributed by atoms with E-state index in [1.165, 1.54) is 18.3 Å². The molecule has 1 aromatic heterocycles. The summed E-state index contributed by atoms with van der Waals surface area (Å²) >= 11 is 1.51. The van der Waals surface area contributed by atoms with E-state index in [1.807, 2.05) is 16.8 Å². The highest BCUT2D eigenvalue weighted by molar-refractivity contribution is 7.08. The molecule has 0 aromatic carbocycles. The van der Waals surface area contributed by atoms with Crippen LogP contribution in [-0.2, 0) is 14.3 Å². The van der Waals surface area contributed by atoms with E-state index in [2.05, 4.69) is 4.74 Å². The van der Waals surface area contributed by atoms with Gasteiger partial charge in [0.05, 0.1) is 5.92 Å². The molecule has 3 nitrogen and oxygen atoms in total. The normalized spacial score (nSPS) is 12.2. The standard InChI is InChI=1S/C9H10O3S/c1-6(8-3-4-13-5-8)9(11)12-7(2)10/h3-6H,1-2H3. The minimum absolute atomic E-state index is 0.366. The third kappa shape index (κ3) is 2.66. The Balaban J connectivity index is 2.63. The zero-order valence-corrected chi connectivity index (χ0v) is 8.26. The van der Waals surface area contributed by atoms with Gasteiger partial charge in [-0.05, 0) is 29.3 Å². The van der Waals surface area contributed by atoms with Gasteiger partial charge < -0.3 is 4.74 Å². The van der Waals surface area contributed by atoms with Gasteiger partial charge in [-0.25, -0.2) is 0 Å². The van der Waals surface area contributed by atoms with Crippen molar-refractivity contribution in [1.82, 2.24) is 0 Å². The molecule has 0 amide bonds. The van der Waals surface area contributed by atoms with Crippen molar-refractivity contribution in [2.24, 2.45) is 0 Å². The maximum absolute atomic E-state index is 11.2. The third-order valence-corrected chi connectivity index (χ3v) is 2.34. The second-order valence-electron chi connectivity index (χ2n) is 2.69. The van der Waals surface area contributed by atoms with Crippen LogP contribution in [0.1, 0.15) is 25.3 Å². The van der Waals surface area contributed by atoms with Gasteiger partial charge in [0.2, 0.25) is 0 Å². The van der Waals surface area contributed by atoms with E-state index in [4.69, 9.17) is 0 Å². The molecule has 0 N–H and O–H groups in total. The van der Waals surface area contributed by atoms with Crippen molar-refractivity contribution in [3.05, 3.63) is 22.4 Å². The van der Waals surface area contributed by atoms with Crippen LogP contribution in [0.25, 0.3) is 0 Å². The van der Waals surface area contributed by atoms with Gasteiger partial charge in [-0.1, -0.05) is 0 Å². The van der Waals surface area contributed by atoms with Crippen molar-refractivity contribution >= 4 is 23.3 Å². The van der Waals surface area contributed by atoms with Crippen LogP contribution in [0.15, 0.2) is 16.8 Å². The largest absolute Gasteiger partial charge is 0.393 e. The Morgan fingerprint density at radius 3 is 2.69 bits per heavy atom. The first-order valence-corrected chi connectivity index (χ1v) is 4.80. The number of carbonyl (C=O) groups is 2. The summed E-state index contributed by atoms with van der Waals surface area (Å²) in [5.41, 5.74) is 0.885. The summed E-state index contributed by atoms with van der Waals surface area (Å²) < 4.78 is 4.46. The van der Waals surface area contributed by atoms with Gasteiger partial charge in [0.1, 0.15) is 0 Å². The van der Waals surface area contributed by atoms with Gasteiger partial charge in [-0.3, -0.25) is 9.59 Å². The minimum Gasteiger partial charge on any atom is -0.393 e. The van der Waals surface area contributed by atoms with Crippen molar-refractivity contribution in [3.8, 4) is 0 Å². The molecule has 0 fully saturated rings. The van der Waals surface area contributed by atoms with Crippen molar-refractivity contribution < 1.29 is 14.3 Å². The number of rotatable bonds is 2. The molecule has 0 radical (unpaired) electrons. The molecule has 1 heterocycles. The van der Waals surface area contributed by atoms with Gasteiger partial charge >= 0.3 is 11.9 Å². The average Bonchev–Trinajstić information content (AvgIpc) is 2.53. The summed E-state index contributed by atoms with van der Waals surface area (Å²) in [6.07, 6.45) is 0. The van der Waals surface area contributed by atoms with E-state index in [0.717, 1.165) is 5.56 Å². The highest BCUT2D eigenvalue weighted by Crippen LogP contribution is 2.19. The molecule has 0 spiro atoms. The van der Waals surface area contributed by atoms with E-state index in [1.54, 1.807) is 6.92 Å². The molecule has 1 atom stereocenters. The van der Waals surface area contributed by atoms with E-state index < -0.39 is 11.9 Å². The van der Waals surface area contributed by atoms with Gasteiger partial charge in [-0.2, -0.15) is 11.3 Å². The summed E-state index contributed by atoms with van der Waals surface area (Å²) in [5.74, 6) is -1.42. The minimum atomic E-state index is -0.563. The number of carbonyl (C=O) groups excluding carboxylic acids is 2. The lowest BCUT2D eigenvalue weighted by molar-refractivity contribution is -0.158. The maximum atomic E-state index is 11.2.